The van der Waals surface area contributed by atoms with E-state index in [4.69, 9.17) is 0 Å². The number of aromatic amines is 1. The van der Waals surface area contributed by atoms with Crippen molar-refractivity contribution in [1.29, 1.82) is 0 Å². The van der Waals surface area contributed by atoms with Crippen molar-refractivity contribution in [2.75, 3.05) is 31.1 Å². The summed E-state index contributed by atoms with van der Waals surface area (Å²) >= 11 is 0. The van der Waals surface area contributed by atoms with Crippen LogP contribution in [0.25, 0.3) is 22.2 Å². The summed E-state index contributed by atoms with van der Waals surface area (Å²) in [6.07, 6.45) is 3.99. The lowest BCUT2D eigenvalue weighted by Gasteiger charge is -2.35. The van der Waals surface area contributed by atoms with Crippen LogP contribution >= 0.6 is 0 Å². The summed E-state index contributed by atoms with van der Waals surface area (Å²) in [5.74, 6) is 1.08. The third-order valence-corrected chi connectivity index (χ3v) is 5.70. The molecule has 1 N–H and O–H groups in total. The van der Waals surface area contributed by atoms with E-state index >= 15 is 0 Å². The molecule has 0 unspecified atom stereocenters. The summed E-state index contributed by atoms with van der Waals surface area (Å²) in [4.78, 5) is 29.2. The number of anilines is 1. The number of hydrogen-bond donors (Lipinski definition) is 1. The van der Waals surface area contributed by atoms with Gasteiger partial charge in [-0.05, 0) is 11.6 Å². The van der Waals surface area contributed by atoms with E-state index in [1.807, 2.05) is 65.7 Å². The zero-order valence-corrected chi connectivity index (χ0v) is 16.7. The quantitative estimate of drug-likeness (QED) is 0.572. The number of nitrogens with one attached hydrogen (secondary N) is 1. The lowest BCUT2D eigenvalue weighted by Crippen LogP contribution is -2.49. The summed E-state index contributed by atoms with van der Waals surface area (Å²) in [6.45, 7) is 2.94. The Labute approximate surface area is 175 Å². The monoisotopic (exact) mass is 397 g/mol. The molecule has 1 fully saturated rings. The molecule has 6 heteroatoms. The molecule has 150 valence electrons. The highest BCUT2D eigenvalue weighted by Crippen LogP contribution is 2.22. The first kappa shape index (κ1) is 18.4. The number of nitrogens with zero attached hydrogens (tertiary/aromatic N) is 4. The number of benzene rings is 2. The fraction of sp³-hybridized carbons (Fsp3) is 0.208. The Morgan fingerprint density at radius 3 is 2.53 bits per heavy atom. The molecule has 0 saturated carbocycles. The Bertz CT molecular complexity index is 1160. The highest BCUT2D eigenvalue weighted by Gasteiger charge is 2.23. The van der Waals surface area contributed by atoms with Gasteiger partial charge in [-0.25, -0.2) is 9.97 Å². The first-order valence-electron chi connectivity index (χ1n) is 10.2. The Kier molecular flexibility index (Phi) is 4.89. The highest BCUT2D eigenvalue weighted by atomic mass is 16.2. The molecule has 0 atom stereocenters. The van der Waals surface area contributed by atoms with Crippen molar-refractivity contribution in [3.8, 4) is 11.3 Å². The fourth-order valence-electron chi connectivity index (χ4n) is 4.02. The minimum atomic E-state index is 0.173. The van der Waals surface area contributed by atoms with Gasteiger partial charge in [0.05, 0.1) is 12.1 Å². The molecule has 1 saturated heterocycles. The highest BCUT2D eigenvalue weighted by molar-refractivity contribution is 5.89. The van der Waals surface area contributed by atoms with Crippen LogP contribution in [-0.2, 0) is 11.2 Å². The maximum Gasteiger partial charge on any atom is 0.227 e. The van der Waals surface area contributed by atoms with Gasteiger partial charge in [0.2, 0.25) is 5.91 Å². The zero-order chi connectivity index (χ0) is 20.3. The maximum atomic E-state index is 12.9. The number of para-hydroxylation sites is 1. The lowest BCUT2D eigenvalue weighted by molar-refractivity contribution is -0.130. The first-order valence-corrected chi connectivity index (χ1v) is 10.2. The number of carbonyl (C=O) groups excluding carboxylic acids is 1. The van der Waals surface area contributed by atoms with E-state index in [0.717, 1.165) is 46.6 Å². The van der Waals surface area contributed by atoms with Gasteiger partial charge < -0.3 is 14.8 Å². The van der Waals surface area contributed by atoms with Crippen molar-refractivity contribution >= 4 is 22.6 Å². The molecule has 2 aromatic carbocycles. The molecule has 2 aromatic heterocycles. The molecular formula is C24H23N5O. The van der Waals surface area contributed by atoms with E-state index < -0.39 is 0 Å². The van der Waals surface area contributed by atoms with Gasteiger partial charge in [-0.3, -0.25) is 4.79 Å². The third kappa shape index (κ3) is 3.64. The van der Waals surface area contributed by atoms with Crippen LogP contribution in [0, 0.1) is 0 Å². The van der Waals surface area contributed by atoms with Crippen molar-refractivity contribution in [2.45, 2.75) is 6.42 Å². The van der Waals surface area contributed by atoms with E-state index in [1.165, 1.54) is 0 Å². The number of amides is 1. The molecule has 4 aromatic rings. The van der Waals surface area contributed by atoms with Crippen LogP contribution in [0.5, 0.6) is 0 Å². The number of aromatic nitrogens is 3. The van der Waals surface area contributed by atoms with Crippen LogP contribution in [0.15, 0.2) is 73.2 Å². The Balaban J connectivity index is 1.24. The van der Waals surface area contributed by atoms with Crippen LogP contribution in [0.3, 0.4) is 0 Å². The average Bonchev–Trinajstić information content (AvgIpc) is 3.23. The molecule has 0 bridgehead atoms. The molecule has 0 radical (unpaired) electrons. The van der Waals surface area contributed by atoms with Crippen molar-refractivity contribution in [3.05, 3.63) is 78.8 Å². The molecule has 30 heavy (non-hydrogen) atoms. The van der Waals surface area contributed by atoms with Gasteiger partial charge >= 0.3 is 0 Å². The Hall–Kier alpha value is -3.67. The fourth-order valence-corrected chi connectivity index (χ4v) is 4.02. The Morgan fingerprint density at radius 2 is 1.70 bits per heavy atom. The summed E-state index contributed by atoms with van der Waals surface area (Å²) in [7, 11) is 0. The summed E-state index contributed by atoms with van der Waals surface area (Å²) in [5.41, 5.74) is 4.12. The maximum absolute atomic E-state index is 12.9. The van der Waals surface area contributed by atoms with Crippen molar-refractivity contribution in [2.24, 2.45) is 0 Å². The molecular weight excluding hydrogens is 374 g/mol. The second-order valence-corrected chi connectivity index (χ2v) is 7.53. The zero-order valence-electron chi connectivity index (χ0n) is 16.7. The van der Waals surface area contributed by atoms with Crippen LogP contribution in [-0.4, -0.2) is 51.9 Å². The number of rotatable bonds is 4. The average molecular weight is 397 g/mol. The SMILES string of the molecule is O=C(Cc1c[nH]c2ccccc12)N1CCN(c2cc(-c3ccccc3)ncn2)CC1. The van der Waals surface area contributed by atoms with Gasteiger partial charge in [0, 0.05) is 54.9 Å². The first-order chi connectivity index (χ1) is 14.8. The van der Waals surface area contributed by atoms with E-state index in [2.05, 4.69) is 25.9 Å². The number of H-pyrrole nitrogens is 1. The van der Waals surface area contributed by atoms with Gasteiger partial charge in [0.1, 0.15) is 12.1 Å². The second-order valence-electron chi connectivity index (χ2n) is 7.53. The van der Waals surface area contributed by atoms with Gasteiger partial charge in [-0.2, -0.15) is 0 Å². The summed E-state index contributed by atoms with van der Waals surface area (Å²) in [6, 6.07) is 20.2. The standard InChI is InChI=1S/C24H23N5O/c30-24(14-19-16-25-21-9-5-4-8-20(19)21)29-12-10-28(11-13-29)23-15-22(26-17-27-23)18-6-2-1-3-7-18/h1-9,15-17,25H,10-14H2. The molecule has 3 heterocycles. The lowest BCUT2D eigenvalue weighted by atomic mass is 10.1. The largest absolute Gasteiger partial charge is 0.361 e. The predicted molar refractivity (Wildman–Crippen MR) is 118 cm³/mol. The minimum absolute atomic E-state index is 0.173. The summed E-state index contributed by atoms with van der Waals surface area (Å²) in [5, 5.41) is 1.12. The minimum Gasteiger partial charge on any atom is -0.361 e. The van der Waals surface area contributed by atoms with Crippen molar-refractivity contribution in [3.63, 3.8) is 0 Å². The van der Waals surface area contributed by atoms with Crippen LogP contribution in [0.4, 0.5) is 5.82 Å². The number of hydrogen-bond acceptors (Lipinski definition) is 4. The van der Waals surface area contributed by atoms with Gasteiger partial charge in [0.25, 0.3) is 0 Å². The van der Waals surface area contributed by atoms with Gasteiger partial charge in [-0.1, -0.05) is 48.5 Å². The second kappa shape index (κ2) is 7.99. The third-order valence-electron chi connectivity index (χ3n) is 5.70. The molecule has 1 aliphatic heterocycles. The van der Waals surface area contributed by atoms with E-state index in [-0.39, 0.29) is 5.91 Å². The van der Waals surface area contributed by atoms with Crippen LogP contribution < -0.4 is 4.90 Å². The molecule has 1 aliphatic rings. The van der Waals surface area contributed by atoms with Crippen molar-refractivity contribution in [1.82, 2.24) is 19.9 Å². The molecule has 0 aliphatic carbocycles. The van der Waals surface area contributed by atoms with Crippen LogP contribution in [0.2, 0.25) is 0 Å². The molecule has 5 rings (SSSR count). The Morgan fingerprint density at radius 1 is 0.933 bits per heavy atom. The topological polar surface area (TPSA) is 65.1 Å². The molecule has 0 spiro atoms. The van der Waals surface area contributed by atoms with Gasteiger partial charge in [0.15, 0.2) is 0 Å². The molecule has 6 nitrogen and oxygen atoms in total. The smallest absolute Gasteiger partial charge is 0.227 e. The van der Waals surface area contributed by atoms with Crippen LogP contribution in [0.1, 0.15) is 5.56 Å². The van der Waals surface area contributed by atoms with Crippen molar-refractivity contribution < 1.29 is 4.79 Å². The van der Waals surface area contributed by atoms with Gasteiger partial charge in [-0.15, -0.1) is 0 Å². The predicted octanol–water partition coefficient (Wildman–Crippen LogP) is 3.52. The number of piperazine rings is 1. The summed E-state index contributed by atoms with van der Waals surface area (Å²) < 4.78 is 0. The normalized spacial score (nSPS) is 14.3. The number of carbonyl (C=O) groups is 1. The molecule has 1 amide bonds. The number of fused-ring (bicyclic) bond motifs is 1. The van der Waals surface area contributed by atoms with E-state index in [9.17, 15) is 4.79 Å². The van der Waals surface area contributed by atoms with E-state index in [0.29, 0.717) is 19.5 Å². The van der Waals surface area contributed by atoms with E-state index in [1.54, 1.807) is 6.33 Å².